The van der Waals surface area contributed by atoms with Crippen LogP contribution in [0.2, 0.25) is 0 Å². The molecule has 0 aromatic heterocycles. The zero-order valence-corrected chi connectivity index (χ0v) is 11.3. The van der Waals surface area contributed by atoms with Gasteiger partial charge in [0, 0.05) is 32.7 Å². The molecule has 1 aromatic carbocycles. The molecule has 1 amide bonds. The van der Waals surface area contributed by atoms with Gasteiger partial charge in [0.25, 0.3) is 5.91 Å². The summed E-state index contributed by atoms with van der Waals surface area (Å²) in [6.45, 7) is 2.99. The highest BCUT2D eigenvalue weighted by molar-refractivity contribution is 5.95. The van der Waals surface area contributed by atoms with Gasteiger partial charge >= 0.3 is 0 Å². The minimum atomic E-state index is -0.0370. The Balaban J connectivity index is 2.14. The fourth-order valence-corrected chi connectivity index (χ4v) is 1.89. The highest BCUT2D eigenvalue weighted by atomic mass is 16.5. The number of ether oxygens (including phenoxy) is 1. The summed E-state index contributed by atoms with van der Waals surface area (Å²) < 4.78 is 5.29. The Bertz CT molecular complexity index is 456. The molecule has 0 radical (unpaired) electrons. The number of nitrogens with one attached hydrogen (secondary N) is 1. The van der Waals surface area contributed by atoms with E-state index in [2.05, 4.69) is 5.43 Å². The quantitative estimate of drug-likeness (QED) is 0.784. The minimum absolute atomic E-state index is 0.0370. The number of benzene rings is 1. The van der Waals surface area contributed by atoms with Crippen LogP contribution in [-0.4, -0.2) is 56.2 Å². The third-order valence-electron chi connectivity index (χ3n) is 3.00. The molecule has 3 N–H and O–H groups in total. The maximum atomic E-state index is 11.9. The van der Waals surface area contributed by atoms with Gasteiger partial charge in [-0.25, -0.2) is 5.01 Å². The summed E-state index contributed by atoms with van der Waals surface area (Å²) in [7, 11) is 3.46. The van der Waals surface area contributed by atoms with Crippen LogP contribution in [0.1, 0.15) is 10.4 Å². The standard InChI is InChI=1S/C13H20N4O2/c1-16(2)13(18)10-3-4-11(14)12(9-10)15-17-5-7-19-8-6-17/h3-4,9,15H,5-8,14H2,1-2H3. The number of hydrazine groups is 1. The molecule has 6 heteroatoms. The number of amides is 1. The van der Waals surface area contributed by atoms with Crippen molar-refractivity contribution in [1.82, 2.24) is 9.91 Å². The molecule has 0 saturated carbocycles. The second-order valence-electron chi connectivity index (χ2n) is 4.71. The molecule has 1 fully saturated rings. The molecule has 19 heavy (non-hydrogen) atoms. The van der Waals surface area contributed by atoms with Crippen LogP contribution in [0.4, 0.5) is 11.4 Å². The van der Waals surface area contributed by atoms with Crippen molar-refractivity contribution in [2.24, 2.45) is 0 Å². The van der Waals surface area contributed by atoms with Gasteiger partial charge in [-0.05, 0) is 18.2 Å². The normalized spacial score (nSPS) is 16.1. The Morgan fingerprint density at radius 1 is 1.37 bits per heavy atom. The van der Waals surface area contributed by atoms with Crippen molar-refractivity contribution in [3.05, 3.63) is 23.8 Å². The average Bonchev–Trinajstić information content (AvgIpc) is 2.41. The number of nitrogens with two attached hydrogens (primary N) is 1. The molecule has 1 aromatic rings. The fraction of sp³-hybridized carbons (Fsp3) is 0.462. The first-order valence-electron chi connectivity index (χ1n) is 6.28. The third kappa shape index (κ3) is 3.36. The Hall–Kier alpha value is -1.79. The average molecular weight is 264 g/mol. The van der Waals surface area contributed by atoms with Crippen molar-refractivity contribution in [2.45, 2.75) is 0 Å². The van der Waals surface area contributed by atoms with Crippen molar-refractivity contribution in [2.75, 3.05) is 51.6 Å². The van der Waals surface area contributed by atoms with Crippen molar-refractivity contribution < 1.29 is 9.53 Å². The summed E-state index contributed by atoms with van der Waals surface area (Å²) in [5.41, 5.74) is 11.2. The SMILES string of the molecule is CN(C)C(=O)c1ccc(N)c(NN2CCOCC2)c1. The van der Waals surface area contributed by atoms with E-state index in [4.69, 9.17) is 10.5 Å². The van der Waals surface area contributed by atoms with E-state index in [-0.39, 0.29) is 5.91 Å². The number of hydrogen-bond donors (Lipinski definition) is 2. The summed E-state index contributed by atoms with van der Waals surface area (Å²) in [5, 5.41) is 2.04. The molecule has 2 rings (SSSR count). The molecule has 0 aliphatic carbocycles. The topological polar surface area (TPSA) is 70.8 Å². The lowest BCUT2D eigenvalue weighted by molar-refractivity contribution is 0.0497. The van der Waals surface area contributed by atoms with Gasteiger partial charge < -0.3 is 20.8 Å². The van der Waals surface area contributed by atoms with Crippen molar-refractivity contribution in [3.63, 3.8) is 0 Å². The number of hydrogen-bond acceptors (Lipinski definition) is 5. The summed E-state index contributed by atoms with van der Waals surface area (Å²) in [6, 6.07) is 5.27. The molecular formula is C13H20N4O2. The fourth-order valence-electron chi connectivity index (χ4n) is 1.89. The lowest BCUT2D eigenvalue weighted by Crippen LogP contribution is -2.40. The number of carbonyl (C=O) groups excluding carboxylic acids is 1. The van der Waals surface area contributed by atoms with Crippen molar-refractivity contribution >= 4 is 17.3 Å². The van der Waals surface area contributed by atoms with Crippen LogP contribution in [0.5, 0.6) is 0 Å². The van der Waals surface area contributed by atoms with E-state index in [1.807, 2.05) is 5.01 Å². The predicted octanol–water partition coefficient (Wildman–Crippen LogP) is 0.630. The summed E-state index contributed by atoms with van der Waals surface area (Å²) in [6.07, 6.45) is 0. The van der Waals surface area contributed by atoms with E-state index in [1.165, 1.54) is 0 Å². The monoisotopic (exact) mass is 264 g/mol. The van der Waals surface area contributed by atoms with Crippen molar-refractivity contribution in [1.29, 1.82) is 0 Å². The molecule has 1 aliphatic rings. The second-order valence-corrected chi connectivity index (χ2v) is 4.71. The van der Waals surface area contributed by atoms with Crippen LogP contribution in [0.15, 0.2) is 18.2 Å². The zero-order chi connectivity index (χ0) is 13.8. The van der Waals surface area contributed by atoms with Crippen LogP contribution in [-0.2, 0) is 4.74 Å². The van der Waals surface area contributed by atoms with Gasteiger partial charge in [-0.15, -0.1) is 0 Å². The van der Waals surface area contributed by atoms with Gasteiger partial charge in [-0.3, -0.25) is 4.79 Å². The first-order valence-corrected chi connectivity index (χ1v) is 6.28. The highest BCUT2D eigenvalue weighted by Gasteiger charge is 2.14. The molecule has 0 bridgehead atoms. The van der Waals surface area contributed by atoms with E-state index < -0.39 is 0 Å². The van der Waals surface area contributed by atoms with Gasteiger partial charge in [0.05, 0.1) is 24.6 Å². The Morgan fingerprint density at radius 3 is 2.68 bits per heavy atom. The van der Waals surface area contributed by atoms with Crippen LogP contribution < -0.4 is 11.2 Å². The molecule has 104 valence electrons. The number of rotatable bonds is 3. The largest absolute Gasteiger partial charge is 0.397 e. The first kappa shape index (κ1) is 13.6. The predicted molar refractivity (Wildman–Crippen MR) is 74.9 cm³/mol. The number of morpholine rings is 1. The Morgan fingerprint density at radius 2 is 2.05 bits per heavy atom. The van der Waals surface area contributed by atoms with Gasteiger partial charge in [-0.1, -0.05) is 0 Å². The number of carbonyl (C=O) groups is 1. The van der Waals surface area contributed by atoms with Crippen LogP contribution in [0.25, 0.3) is 0 Å². The molecule has 0 unspecified atom stereocenters. The molecular weight excluding hydrogens is 244 g/mol. The summed E-state index contributed by atoms with van der Waals surface area (Å²) in [4.78, 5) is 13.5. The molecule has 0 spiro atoms. The Labute approximate surface area is 113 Å². The van der Waals surface area contributed by atoms with Crippen LogP contribution in [0, 0.1) is 0 Å². The summed E-state index contributed by atoms with van der Waals surface area (Å²) in [5.74, 6) is -0.0370. The first-order chi connectivity index (χ1) is 9.08. The lowest BCUT2D eigenvalue weighted by Gasteiger charge is -2.28. The van der Waals surface area contributed by atoms with Gasteiger partial charge in [-0.2, -0.15) is 0 Å². The second kappa shape index (κ2) is 5.90. The van der Waals surface area contributed by atoms with Gasteiger partial charge in [0.1, 0.15) is 0 Å². The zero-order valence-electron chi connectivity index (χ0n) is 11.3. The number of nitrogen functional groups attached to an aromatic ring is 1. The molecule has 1 heterocycles. The Kier molecular flexibility index (Phi) is 4.24. The van der Waals surface area contributed by atoms with Gasteiger partial charge in [0.2, 0.25) is 0 Å². The molecule has 0 atom stereocenters. The lowest BCUT2D eigenvalue weighted by atomic mass is 10.1. The molecule has 1 aliphatic heterocycles. The number of anilines is 2. The van der Waals surface area contributed by atoms with Crippen molar-refractivity contribution in [3.8, 4) is 0 Å². The third-order valence-corrected chi connectivity index (χ3v) is 3.00. The number of nitrogens with zero attached hydrogens (tertiary/aromatic N) is 2. The van der Waals surface area contributed by atoms with E-state index in [0.717, 1.165) is 18.8 Å². The maximum Gasteiger partial charge on any atom is 0.253 e. The summed E-state index contributed by atoms with van der Waals surface area (Å²) >= 11 is 0. The minimum Gasteiger partial charge on any atom is -0.397 e. The van der Waals surface area contributed by atoms with Gasteiger partial charge in [0.15, 0.2) is 0 Å². The molecule has 6 nitrogen and oxygen atoms in total. The van der Waals surface area contributed by atoms with Crippen LogP contribution >= 0.6 is 0 Å². The van der Waals surface area contributed by atoms with E-state index in [1.54, 1.807) is 37.2 Å². The molecule has 1 saturated heterocycles. The van der Waals surface area contributed by atoms with E-state index in [0.29, 0.717) is 24.5 Å². The van der Waals surface area contributed by atoms with E-state index >= 15 is 0 Å². The smallest absolute Gasteiger partial charge is 0.253 e. The highest BCUT2D eigenvalue weighted by Crippen LogP contribution is 2.21. The van der Waals surface area contributed by atoms with Crippen LogP contribution in [0.3, 0.4) is 0 Å². The van der Waals surface area contributed by atoms with E-state index in [9.17, 15) is 4.79 Å². The maximum absolute atomic E-state index is 11.9.